The summed E-state index contributed by atoms with van der Waals surface area (Å²) in [5, 5.41) is 10.5. The Morgan fingerprint density at radius 2 is 2.07 bits per heavy atom. The number of halogens is 1. The Labute approximate surface area is 166 Å². The third-order valence-corrected chi connectivity index (χ3v) is 4.77. The van der Waals surface area contributed by atoms with E-state index in [1.54, 1.807) is 42.3 Å². The topological polar surface area (TPSA) is 85.2 Å². The van der Waals surface area contributed by atoms with Gasteiger partial charge in [0.15, 0.2) is 0 Å². The summed E-state index contributed by atoms with van der Waals surface area (Å²) in [7, 11) is 1.60. The average Bonchev–Trinajstić information content (AvgIpc) is 3.23. The average molecular weight is 397 g/mol. The number of anilines is 2. The molecule has 7 nitrogen and oxygen atoms in total. The molecule has 2 N–H and O–H groups in total. The molecule has 2 aromatic carbocycles. The molecule has 0 fully saturated rings. The molecule has 0 aliphatic carbocycles. The Hall–Kier alpha value is -3.32. The number of nitrogens with zero attached hydrogens (tertiary/aromatic N) is 2. The van der Waals surface area contributed by atoms with E-state index < -0.39 is 6.04 Å². The van der Waals surface area contributed by atoms with Gasteiger partial charge in [-0.1, -0.05) is 23.7 Å². The molecule has 1 aliphatic rings. The van der Waals surface area contributed by atoms with Crippen molar-refractivity contribution in [2.24, 2.45) is 0 Å². The molecule has 0 bridgehead atoms. The third-order valence-electron chi connectivity index (χ3n) is 4.52. The largest absolute Gasteiger partial charge is 0.497 e. The summed E-state index contributed by atoms with van der Waals surface area (Å²) < 4.78 is 6.81. The second kappa shape index (κ2) is 7.36. The molecule has 3 aromatic rings. The molecule has 1 aromatic heterocycles. The smallest absolute Gasteiger partial charge is 0.251 e. The van der Waals surface area contributed by atoms with Crippen molar-refractivity contribution < 1.29 is 14.3 Å². The minimum atomic E-state index is -0.707. The zero-order valence-corrected chi connectivity index (χ0v) is 15.7. The molecule has 0 radical (unpaired) electrons. The number of carbonyl (C=O) groups excluding carboxylic acids is 2. The van der Waals surface area contributed by atoms with Gasteiger partial charge in [0.1, 0.15) is 17.6 Å². The predicted molar refractivity (Wildman–Crippen MR) is 107 cm³/mol. The fourth-order valence-electron chi connectivity index (χ4n) is 3.14. The predicted octanol–water partition coefficient (Wildman–Crippen LogP) is 3.73. The van der Waals surface area contributed by atoms with Crippen molar-refractivity contribution in [3.8, 4) is 16.9 Å². The first-order valence-electron chi connectivity index (χ1n) is 8.63. The number of ether oxygens (including phenoxy) is 1. The van der Waals surface area contributed by atoms with Crippen LogP contribution in [0.5, 0.6) is 5.75 Å². The van der Waals surface area contributed by atoms with E-state index in [1.807, 2.05) is 24.3 Å². The maximum atomic E-state index is 12.4. The highest BCUT2D eigenvalue weighted by Crippen LogP contribution is 2.36. The number of rotatable bonds is 5. The molecule has 0 spiro atoms. The number of amides is 2. The van der Waals surface area contributed by atoms with Crippen molar-refractivity contribution in [3.63, 3.8) is 0 Å². The zero-order valence-electron chi connectivity index (χ0n) is 15.0. The van der Waals surface area contributed by atoms with Crippen molar-refractivity contribution in [3.05, 3.63) is 59.8 Å². The van der Waals surface area contributed by atoms with Crippen molar-refractivity contribution in [2.45, 2.75) is 12.5 Å². The molecule has 0 saturated carbocycles. The lowest BCUT2D eigenvalue weighted by Gasteiger charge is -2.10. The van der Waals surface area contributed by atoms with Crippen LogP contribution in [0.1, 0.15) is 12.5 Å². The van der Waals surface area contributed by atoms with E-state index in [4.69, 9.17) is 16.3 Å². The summed E-state index contributed by atoms with van der Waals surface area (Å²) in [6, 6.07) is 13.6. The van der Waals surface area contributed by atoms with E-state index in [-0.39, 0.29) is 18.2 Å². The summed E-state index contributed by atoms with van der Waals surface area (Å²) in [4.78, 5) is 24.8. The van der Waals surface area contributed by atoms with Crippen molar-refractivity contribution in [1.82, 2.24) is 9.78 Å². The van der Waals surface area contributed by atoms with Gasteiger partial charge in [0.05, 0.1) is 19.7 Å². The quantitative estimate of drug-likeness (QED) is 0.688. The second-order valence-electron chi connectivity index (χ2n) is 6.35. The molecule has 1 atom stereocenters. The van der Waals surface area contributed by atoms with Gasteiger partial charge in [0.25, 0.3) is 5.91 Å². The summed E-state index contributed by atoms with van der Waals surface area (Å²) in [6.45, 7) is 0. The normalized spacial score (nSPS) is 15.1. The van der Waals surface area contributed by atoms with Gasteiger partial charge in [-0.3, -0.25) is 9.59 Å². The lowest BCUT2D eigenvalue weighted by molar-refractivity contribution is -0.123. The molecule has 1 aliphatic heterocycles. The number of nitrogens with one attached hydrogen (secondary N) is 2. The van der Waals surface area contributed by atoms with Crippen LogP contribution in [0.25, 0.3) is 11.1 Å². The summed E-state index contributed by atoms with van der Waals surface area (Å²) in [5.41, 5.74) is 2.26. The van der Waals surface area contributed by atoms with Crippen LogP contribution in [-0.4, -0.2) is 28.7 Å². The number of benzene rings is 2. The zero-order chi connectivity index (χ0) is 19.7. The highest BCUT2D eigenvalue weighted by Gasteiger charge is 2.35. The SMILES string of the molecule is COc1cccc(-c2cnn3c2NC(=O)C3CC(=O)Nc2ccc(Cl)cc2)c1. The highest BCUT2D eigenvalue weighted by molar-refractivity contribution is 6.30. The van der Waals surface area contributed by atoms with E-state index in [0.29, 0.717) is 22.3 Å². The summed E-state index contributed by atoms with van der Waals surface area (Å²) in [6.07, 6.45) is 1.65. The van der Waals surface area contributed by atoms with Gasteiger partial charge in [-0.25, -0.2) is 4.68 Å². The maximum absolute atomic E-state index is 12.4. The van der Waals surface area contributed by atoms with Crippen LogP contribution in [0.2, 0.25) is 5.02 Å². The Morgan fingerprint density at radius 3 is 2.82 bits per heavy atom. The minimum absolute atomic E-state index is 0.0271. The Kier molecular flexibility index (Phi) is 4.75. The van der Waals surface area contributed by atoms with E-state index in [1.165, 1.54) is 0 Å². The maximum Gasteiger partial charge on any atom is 0.251 e. The van der Waals surface area contributed by atoms with E-state index >= 15 is 0 Å². The standard InChI is InChI=1S/C20H17ClN4O3/c1-28-15-4-2-3-12(9-15)16-11-22-25-17(20(27)24-19(16)25)10-18(26)23-14-7-5-13(21)6-8-14/h2-9,11,17H,10H2,1H3,(H,23,26)(H,24,27). The fourth-order valence-corrected chi connectivity index (χ4v) is 3.26. The summed E-state index contributed by atoms with van der Waals surface area (Å²) in [5.74, 6) is 0.732. The van der Waals surface area contributed by atoms with Gasteiger partial charge >= 0.3 is 0 Å². The summed E-state index contributed by atoms with van der Waals surface area (Å²) >= 11 is 5.85. The highest BCUT2D eigenvalue weighted by atomic mass is 35.5. The Bertz CT molecular complexity index is 1050. The third kappa shape index (κ3) is 3.44. The van der Waals surface area contributed by atoms with E-state index in [2.05, 4.69) is 15.7 Å². The molecular weight excluding hydrogens is 380 g/mol. The van der Waals surface area contributed by atoms with Crippen LogP contribution in [0.4, 0.5) is 11.5 Å². The first-order valence-corrected chi connectivity index (χ1v) is 9.01. The fraction of sp³-hybridized carbons (Fsp3) is 0.150. The number of carbonyl (C=O) groups is 2. The van der Waals surface area contributed by atoms with Crippen molar-refractivity contribution in [1.29, 1.82) is 0 Å². The number of hydrogen-bond donors (Lipinski definition) is 2. The number of methoxy groups -OCH3 is 1. The number of aromatic nitrogens is 2. The van der Waals surface area contributed by atoms with Crippen LogP contribution >= 0.6 is 11.6 Å². The minimum Gasteiger partial charge on any atom is -0.497 e. The number of fused-ring (bicyclic) bond motifs is 1. The van der Waals surface area contributed by atoms with Crippen LogP contribution in [0.15, 0.2) is 54.7 Å². The molecule has 8 heteroatoms. The van der Waals surface area contributed by atoms with Gasteiger partial charge in [-0.15, -0.1) is 0 Å². The monoisotopic (exact) mass is 396 g/mol. The molecule has 0 saturated heterocycles. The molecule has 2 amide bonds. The molecule has 1 unspecified atom stereocenters. The molecule has 4 rings (SSSR count). The van der Waals surface area contributed by atoms with Crippen molar-refractivity contribution >= 4 is 34.9 Å². The van der Waals surface area contributed by atoms with Crippen LogP contribution in [-0.2, 0) is 9.59 Å². The first-order chi connectivity index (χ1) is 13.5. The van der Waals surface area contributed by atoms with Crippen LogP contribution < -0.4 is 15.4 Å². The lowest BCUT2D eigenvalue weighted by Crippen LogP contribution is -2.23. The van der Waals surface area contributed by atoms with Gasteiger partial charge in [0.2, 0.25) is 5.91 Å². The second-order valence-corrected chi connectivity index (χ2v) is 6.78. The molecular formula is C20H17ClN4O3. The number of hydrogen-bond acceptors (Lipinski definition) is 4. The van der Waals surface area contributed by atoms with Gasteiger partial charge in [-0.05, 0) is 42.0 Å². The van der Waals surface area contributed by atoms with Crippen LogP contribution in [0, 0.1) is 0 Å². The lowest BCUT2D eigenvalue weighted by atomic mass is 10.1. The van der Waals surface area contributed by atoms with E-state index in [0.717, 1.165) is 11.1 Å². The Morgan fingerprint density at radius 1 is 1.29 bits per heavy atom. The van der Waals surface area contributed by atoms with Gasteiger partial charge in [-0.2, -0.15) is 5.10 Å². The molecule has 2 heterocycles. The van der Waals surface area contributed by atoms with Crippen molar-refractivity contribution in [2.75, 3.05) is 17.7 Å². The Balaban J connectivity index is 1.54. The first kappa shape index (κ1) is 18.1. The van der Waals surface area contributed by atoms with Crippen LogP contribution in [0.3, 0.4) is 0 Å². The molecule has 142 valence electrons. The molecule has 28 heavy (non-hydrogen) atoms. The van der Waals surface area contributed by atoms with E-state index in [9.17, 15) is 9.59 Å². The van der Waals surface area contributed by atoms with Gasteiger partial charge in [0, 0.05) is 16.3 Å². The van der Waals surface area contributed by atoms with Gasteiger partial charge < -0.3 is 15.4 Å².